The Morgan fingerprint density at radius 3 is 2.33 bits per heavy atom. The molecule has 2 aromatic rings. The van der Waals surface area contributed by atoms with Crippen LogP contribution in [0.1, 0.15) is 31.7 Å². The van der Waals surface area contributed by atoms with Gasteiger partial charge in [0.2, 0.25) is 0 Å². The molecule has 0 fully saturated rings. The molecule has 0 heterocycles. The molecular weight excluding hydrogens is 290 g/mol. The predicted molar refractivity (Wildman–Crippen MR) is 83.1 cm³/mol. The number of nitrogens with two attached hydrogens (primary N) is 1. The van der Waals surface area contributed by atoms with Crippen LogP contribution in [0.3, 0.4) is 0 Å². The molecule has 0 radical (unpaired) electrons. The predicted octanol–water partition coefficient (Wildman–Crippen LogP) is 3.11. The topological polar surface area (TPSA) is 101 Å². The summed E-state index contributed by atoms with van der Waals surface area (Å²) >= 11 is 0. The maximum Gasteiger partial charge on any atom is 0.298 e. The van der Waals surface area contributed by atoms with Crippen molar-refractivity contribution in [2.24, 2.45) is 0 Å². The molecule has 0 saturated heterocycles. The SMILES string of the molecule is CCCCCc1c(N)c(O)c(S(=O)(=O)O)c2ccccc12. The minimum Gasteiger partial charge on any atom is -0.504 e. The number of benzene rings is 2. The first-order valence-electron chi connectivity index (χ1n) is 6.87. The normalized spacial score (nSPS) is 11.9. The smallest absolute Gasteiger partial charge is 0.298 e. The zero-order valence-electron chi connectivity index (χ0n) is 11.8. The van der Waals surface area contributed by atoms with Gasteiger partial charge in [-0.15, -0.1) is 0 Å². The number of hydrogen-bond donors (Lipinski definition) is 3. The quantitative estimate of drug-likeness (QED) is 0.341. The van der Waals surface area contributed by atoms with E-state index in [2.05, 4.69) is 6.92 Å². The number of aryl methyl sites for hydroxylation is 1. The van der Waals surface area contributed by atoms with Crippen LogP contribution >= 0.6 is 0 Å². The van der Waals surface area contributed by atoms with Gasteiger partial charge in [0, 0.05) is 5.39 Å². The van der Waals surface area contributed by atoms with E-state index >= 15 is 0 Å². The van der Waals surface area contributed by atoms with E-state index in [0.29, 0.717) is 11.8 Å². The third kappa shape index (κ3) is 2.96. The van der Waals surface area contributed by atoms with Gasteiger partial charge >= 0.3 is 0 Å². The molecule has 0 aliphatic heterocycles. The molecule has 21 heavy (non-hydrogen) atoms. The number of rotatable bonds is 5. The van der Waals surface area contributed by atoms with Crippen LogP contribution in [0, 0.1) is 0 Å². The molecule has 0 aromatic heterocycles. The lowest BCUT2D eigenvalue weighted by Crippen LogP contribution is -2.05. The Balaban J connectivity index is 2.75. The van der Waals surface area contributed by atoms with Crippen molar-refractivity contribution in [1.29, 1.82) is 0 Å². The monoisotopic (exact) mass is 309 g/mol. The highest BCUT2D eigenvalue weighted by atomic mass is 32.2. The second-order valence-electron chi connectivity index (χ2n) is 5.05. The first kappa shape index (κ1) is 15.6. The number of aromatic hydroxyl groups is 1. The number of nitrogen functional groups attached to an aromatic ring is 1. The van der Waals surface area contributed by atoms with Gasteiger partial charge in [-0.1, -0.05) is 44.0 Å². The average molecular weight is 309 g/mol. The number of phenols is 1. The van der Waals surface area contributed by atoms with Gasteiger partial charge in [-0.2, -0.15) is 8.42 Å². The second-order valence-corrected chi connectivity index (χ2v) is 6.41. The number of unbranched alkanes of at least 4 members (excludes halogenated alkanes) is 2. The van der Waals surface area contributed by atoms with E-state index in [1.165, 1.54) is 0 Å². The first-order valence-corrected chi connectivity index (χ1v) is 8.31. The van der Waals surface area contributed by atoms with Gasteiger partial charge in [0.25, 0.3) is 10.1 Å². The van der Waals surface area contributed by atoms with Crippen molar-refractivity contribution in [3.8, 4) is 5.75 Å². The van der Waals surface area contributed by atoms with E-state index in [-0.39, 0.29) is 11.1 Å². The van der Waals surface area contributed by atoms with Crippen molar-refractivity contribution < 1.29 is 18.1 Å². The maximum atomic E-state index is 11.5. The highest BCUT2D eigenvalue weighted by Crippen LogP contribution is 2.40. The maximum absolute atomic E-state index is 11.5. The van der Waals surface area contributed by atoms with Gasteiger partial charge in [-0.05, 0) is 23.8 Å². The Labute approximate surface area is 124 Å². The molecule has 0 aliphatic rings. The fourth-order valence-corrected chi connectivity index (χ4v) is 3.37. The van der Waals surface area contributed by atoms with Crippen LogP contribution in [0.2, 0.25) is 0 Å². The summed E-state index contributed by atoms with van der Waals surface area (Å²) in [6, 6.07) is 6.74. The first-order chi connectivity index (χ1) is 9.88. The second kappa shape index (κ2) is 5.91. The molecule has 114 valence electrons. The summed E-state index contributed by atoms with van der Waals surface area (Å²) < 4.78 is 32.4. The van der Waals surface area contributed by atoms with Crippen LogP contribution in [0.15, 0.2) is 29.2 Å². The van der Waals surface area contributed by atoms with Gasteiger partial charge in [0.15, 0.2) is 5.75 Å². The molecule has 6 heteroatoms. The van der Waals surface area contributed by atoms with Crippen LogP contribution in [-0.2, 0) is 16.5 Å². The lowest BCUT2D eigenvalue weighted by molar-refractivity contribution is 0.447. The Hall–Kier alpha value is -1.79. The molecule has 2 rings (SSSR count). The largest absolute Gasteiger partial charge is 0.504 e. The van der Waals surface area contributed by atoms with Gasteiger partial charge < -0.3 is 10.8 Å². The van der Waals surface area contributed by atoms with Crippen molar-refractivity contribution in [2.75, 3.05) is 5.73 Å². The average Bonchev–Trinajstić information content (AvgIpc) is 2.42. The van der Waals surface area contributed by atoms with E-state index < -0.39 is 20.8 Å². The third-order valence-corrected chi connectivity index (χ3v) is 4.51. The van der Waals surface area contributed by atoms with E-state index in [1.54, 1.807) is 24.3 Å². The fraction of sp³-hybridized carbons (Fsp3) is 0.333. The Morgan fingerprint density at radius 1 is 1.14 bits per heavy atom. The van der Waals surface area contributed by atoms with E-state index in [9.17, 15) is 18.1 Å². The number of anilines is 1. The van der Waals surface area contributed by atoms with Crippen molar-refractivity contribution in [3.05, 3.63) is 29.8 Å². The van der Waals surface area contributed by atoms with Crippen LogP contribution in [0.25, 0.3) is 10.8 Å². The molecule has 0 bridgehead atoms. The molecule has 0 saturated carbocycles. The van der Waals surface area contributed by atoms with E-state index in [0.717, 1.165) is 24.8 Å². The molecule has 4 N–H and O–H groups in total. The molecule has 0 spiro atoms. The van der Waals surface area contributed by atoms with E-state index in [1.807, 2.05) is 0 Å². The fourth-order valence-electron chi connectivity index (χ4n) is 2.56. The van der Waals surface area contributed by atoms with Crippen LogP contribution in [0.5, 0.6) is 5.75 Å². The highest BCUT2D eigenvalue weighted by molar-refractivity contribution is 7.86. The molecule has 0 amide bonds. The molecule has 0 aliphatic carbocycles. The lowest BCUT2D eigenvalue weighted by atomic mass is 9.97. The molecule has 0 atom stereocenters. The Kier molecular flexibility index (Phi) is 4.39. The number of fused-ring (bicyclic) bond motifs is 1. The summed E-state index contributed by atoms with van der Waals surface area (Å²) in [5, 5.41) is 11.0. The van der Waals surface area contributed by atoms with Crippen LogP contribution in [-0.4, -0.2) is 18.1 Å². The Bertz CT molecular complexity index is 769. The summed E-state index contributed by atoms with van der Waals surface area (Å²) in [6.45, 7) is 2.08. The van der Waals surface area contributed by atoms with Crippen molar-refractivity contribution in [2.45, 2.75) is 37.5 Å². The van der Waals surface area contributed by atoms with Gasteiger partial charge in [0.05, 0.1) is 5.69 Å². The minimum atomic E-state index is -4.55. The minimum absolute atomic E-state index is 0.0254. The summed E-state index contributed by atoms with van der Waals surface area (Å²) in [4.78, 5) is -0.519. The number of phenolic OH excluding ortho intramolecular Hbond substituents is 1. The summed E-state index contributed by atoms with van der Waals surface area (Å²) in [6.07, 6.45) is 3.62. The van der Waals surface area contributed by atoms with Gasteiger partial charge in [-0.25, -0.2) is 0 Å². The van der Waals surface area contributed by atoms with Crippen LogP contribution < -0.4 is 5.73 Å². The van der Waals surface area contributed by atoms with E-state index in [4.69, 9.17) is 5.73 Å². The summed E-state index contributed by atoms with van der Waals surface area (Å²) in [5.41, 5.74) is 6.65. The molecule has 5 nitrogen and oxygen atoms in total. The van der Waals surface area contributed by atoms with Gasteiger partial charge in [0.1, 0.15) is 4.90 Å². The third-order valence-electron chi connectivity index (χ3n) is 3.58. The summed E-state index contributed by atoms with van der Waals surface area (Å²) in [7, 11) is -4.55. The lowest BCUT2D eigenvalue weighted by Gasteiger charge is -2.15. The molecule has 0 unspecified atom stereocenters. The van der Waals surface area contributed by atoms with Crippen molar-refractivity contribution >= 4 is 26.6 Å². The zero-order chi connectivity index (χ0) is 15.6. The molecular formula is C15H19NO4S. The van der Waals surface area contributed by atoms with Gasteiger partial charge in [-0.3, -0.25) is 4.55 Å². The zero-order valence-corrected chi connectivity index (χ0v) is 12.7. The highest BCUT2D eigenvalue weighted by Gasteiger charge is 2.24. The summed E-state index contributed by atoms with van der Waals surface area (Å²) in [5.74, 6) is -0.567. The Morgan fingerprint density at radius 2 is 1.76 bits per heavy atom. The van der Waals surface area contributed by atoms with Crippen molar-refractivity contribution in [3.63, 3.8) is 0 Å². The standard InChI is InChI=1S/C15H19NO4S/c1-2-3-4-8-11-10-7-5-6-9-12(10)15(21(18,19)20)14(17)13(11)16/h5-7,9,17H,2-4,8,16H2,1H3,(H,18,19,20). The number of hydrogen-bond acceptors (Lipinski definition) is 4. The molecule has 2 aromatic carbocycles. The van der Waals surface area contributed by atoms with Crippen LogP contribution in [0.4, 0.5) is 5.69 Å². The van der Waals surface area contributed by atoms with Crippen molar-refractivity contribution in [1.82, 2.24) is 0 Å².